The highest BCUT2D eigenvalue weighted by molar-refractivity contribution is 7.15. The second kappa shape index (κ2) is 5.90. The molecule has 0 unspecified atom stereocenters. The quantitative estimate of drug-likeness (QED) is 0.776. The second-order valence-corrected chi connectivity index (χ2v) is 7.48. The molecule has 6 nitrogen and oxygen atoms in total. The van der Waals surface area contributed by atoms with Crippen LogP contribution in [-0.4, -0.2) is 36.6 Å². The normalized spacial score (nSPS) is 14.1. The molecule has 0 saturated heterocycles. The van der Waals surface area contributed by atoms with E-state index in [1.807, 2.05) is 34.8 Å². The first kappa shape index (κ1) is 15.1. The molecule has 0 bridgehead atoms. The van der Waals surface area contributed by atoms with Crippen molar-refractivity contribution in [2.24, 2.45) is 7.05 Å². The molecule has 3 aromatic heterocycles. The van der Waals surface area contributed by atoms with Crippen LogP contribution >= 0.6 is 11.3 Å². The summed E-state index contributed by atoms with van der Waals surface area (Å²) in [6, 6.07) is 6.27. The van der Waals surface area contributed by atoms with E-state index < -0.39 is 0 Å². The number of H-pyrrole nitrogens is 1. The van der Waals surface area contributed by atoms with Crippen molar-refractivity contribution in [2.75, 3.05) is 0 Å². The number of thiophene rings is 1. The van der Waals surface area contributed by atoms with Crippen LogP contribution in [0.15, 0.2) is 30.6 Å². The smallest absolute Gasteiger partial charge is 0.275 e. The van der Waals surface area contributed by atoms with Gasteiger partial charge in [0.05, 0.1) is 17.1 Å². The number of carbonyl (C=O) groups is 1. The number of hydrogen-bond acceptors (Lipinski definition) is 4. The lowest BCUT2D eigenvalue weighted by atomic mass is 10.2. The fourth-order valence-electron chi connectivity index (χ4n) is 2.74. The first-order valence-corrected chi connectivity index (χ1v) is 8.83. The number of aromatic nitrogens is 4. The molecule has 1 aliphatic rings. The van der Waals surface area contributed by atoms with Gasteiger partial charge >= 0.3 is 0 Å². The molecule has 0 atom stereocenters. The van der Waals surface area contributed by atoms with Gasteiger partial charge in [-0.05, 0) is 38.0 Å². The number of aryl methyl sites for hydroxylation is 2. The molecule has 4 rings (SSSR count). The van der Waals surface area contributed by atoms with Crippen molar-refractivity contribution in [3.05, 3.63) is 47.0 Å². The monoisotopic (exact) mass is 341 g/mol. The van der Waals surface area contributed by atoms with Gasteiger partial charge in [0.2, 0.25) is 0 Å². The molecule has 0 spiro atoms. The van der Waals surface area contributed by atoms with Gasteiger partial charge in [-0.3, -0.25) is 9.89 Å². The number of amides is 1. The highest BCUT2D eigenvalue weighted by Crippen LogP contribution is 2.31. The lowest BCUT2D eigenvalue weighted by Gasteiger charge is -2.21. The highest BCUT2D eigenvalue weighted by Gasteiger charge is 2.34. The van der Waals surface area contributed by atoms with Crippen molar-refractivity contribution in [3.8, 4) is 10.6 Å². The van der Waals surface area contributed by atoms with E-state index in [1.165, 1.54) is 4.88 Å². The maximum atomic E-state index is 12.9. The minimum atomic E-state index is -0.0312. The molecule has 0 aromatic carbocycles. The van der Waals surface area contributed by atoms with Crippen LogP contribution in [0.5, 0.6) is 0 Å². The van der Waals surface area contributed by atoms with Gasteiger partial charge in [0, 0.05) is 30.4 Å². The summed E-state index contributed by atoms with van der Waals surface area (Å²) in [6.45, 7) is 2.59. The zero-order chi connectivity index (χ0) is 16.7. The first-order chi connectivity index (χ1) is 11.6. The summed E-state index contributed by atoms with van der Waals surface area (Å²) in [5.74, 6) is 0.858. The van der Waals surface area contributed by atoms with Gasteiger partial charge in [0.1, 0.15) is 5.82 Å². The summed E-state index contributed by atoms with van der Waals surface area (Å²) >= 11 is 1.69. The van der Waals surface area contributed by atoms with Gasteiger partial charge in [-0.25, -0.2) is 4.98 Å². The number of imidazole rings is 1. The van der Waals surface area contributed by atoms with Gasteiger partial charge in [0.25, 0.3) is 5.91 Å². The molecule has 1 fully saturated rings. The Morgan fingerprint density at radius 2 is 2.29 bits per heavy atom. The van der Waals surface area contributed by atoms with Crippen molar-refractivity contribution in [3.63, 3.8) is 0 Å². The SMILES string of the molecule is Cc1ccc(-c2cc(C(=O)N(Cc3nccn3C)C3CC3)n[nH]2)s1. The minimum absolute atomic E-state index is 0.0312. The van der Waals surface area contributed by atoms with Crippen LogP contribution in [0.2, 0.25) is 0 Å². The predicted octanol–water partition coefficient (Wildman–Crippen LogP) is 2.98. The lowest BCUT2D eigenvalue weighted by molar-refractivity contribution is 0.0718. The Bertz CT molecular complexity index is 873. The molecule has 1 N–H and O–H groups in total. The highest BCUT2D eigenvalue weighted by atomic mass is 32.1. The van der Waals surface area contributed by atoms with E-state index in [1.54, 1.807) is 17.5 Å². The van der Waals surface area contributed by atoms with Crippen molar-refractivity contribution in [1.82, 2.24) is 24.6 Å². The van der Waals surface area contributed by atoms with E-state index >= 15 is 0 Å². The van der Waals surface area contributed by atoms with Crippen LogP contribution in [0.4, 0.5) is 0 Å². The second-order valence-electron chi connectivity index (χ2n) is 6.20. The third-order valence-corrected chi connectivity index (χ3v) is 5.32. The summed E-state index contributed by atoms with van der Waals surface area (Å²) in [4.78, 5) is 21.5. The Hall–Kier alpha value is -2.41. The molecular weight excluding hydrogens is 322 g/mol. The van der Waals surface area contributed by atoms with Gasteiger partial charge in [-0.2, -0.15) is 5.10 Å². The van der Waals surface area contributed by atoms with E-state index in [4.69, 9.17) is 0 Å². The average molecular weight is 341 g/mol. The molecule has 1 amide bonds. The van der Waals surface area contributed by atoms with Crippen LogP contribution in [0.25, 0.3) is 10.6 Å². The number of nitrogens with zero attached hydrogens (tertiary/aromatic N) is 4. The number of rotatable bonds is 5. The standard InChI is InChI=1S/C17H19N5OS/c1-11-3-6-15(24-11)13-9-14(20-19-13)17(23)22(12-4-5-12)10-16-18-7-8-21(16)2/h3,6-9,12H,4-5,10H2,1-2H3,(H,19,20). The van der Waals surface area contributed by atoms with E-state index in [-0.39, 0.29) is 5.91 Å². The van der Waals surface area contributed by atoms with Crippen LogP contribution in [-0.2, 0) is 13.6 Å². The molecule has 3 heterocycles. The van der Waals surface area contributed by atoms with Gasteiger partial charge in [0.15, 0.2) is 5.69 Å². The average Bonchev–Trinajstić information content (AvgIpc) is 2.96. The van der Waals surface area contributed by atoms with Gasteiger partial charge < -0.3 is 9.47 Å². The summed E-state index contributed by atoms with van der Waals surface area (Å²) in [6.07, 6.45) is 5.77. The Morgan fingerprint density at radius 1 is 1.46 bits per heavy atom. The Kier molecular flexibility index (Phi) is 3.72. The van der Waals surface area contributed by atoms with E-state index in [0.29, 0.717) is 18.3 Å². The van der Waals surface area contributed by atoms with Gasteiger partial charge in [-0.1, -0.05) is 0 Å². The maximum Gasteiger partial charge on any atom is 0.275 e. The van der Waals surface area contributed by atoms with Crippen LogP contribution in [0, 0.1) is 6.92 Å². The van der Waals surface area contributed by atoms with Crippen LogP contribution in [0.3, 0.4) is 0 Å². The molecule has 24 heavy (non-hydrogen) atoms. The van der Waals surface area contributed by atoms with Crippen molar-refractivity contribution >= 4 is 17.2 Å². The van der Waals surface area contributed by atoms with E-state index in [2.05, 4.69) is 28.2 Å². The van der Waals surface area contributed by atoms with Gasteiger partial charge in [-0.15, -0.1) is 11.3 Å². The fraction of sp³-hybridized carbons (Fsp3) is 0.353. The summed E-state index contributed by atoms with van der Waals surface area (Å²) < 4.78 is 1.95. The van der Waals surface area contributed by atoms with Crippen molar-refractivity contribution in [1.29, 1.82) is 0 Å². The molecule has 0 aliphatic heterocycles. The Labute approximate surface area is 144 Å². The number of hydrogen-bond donors (Lipinski definition) is 1. The Balaban J connectivity index is 1.57. The molecule has 1 aliphatic carbocycles. The summed E-state index contributed by atoms with van der Waals surface area (Å²) in [5, 5.41) is 7.24. The van der Waals surface area contributed by atoms with E-state index in [9.17, 15) is 4.79 Å². The van der Waals surface area contributed by atoms with Crippen LogP contribution < -0.4 is 0 Å². The summed E-state index contributed by atoms with van der Waals surface area (Å²) in [7, 11) is 1.95. The molecule has 0 radical (unpaired) electrons. The van der Waals surface area contributed by atoms with Crippen molar-refractivity contribution < 1.29 is 4.79 Å². The van der Waals surface area contributed by atoms with E-state index in [0.717, 1.165) is 29.2 Å². The minimum Gasteiger partial charge on any atom is -0.337 e. The fourth-order valence-corrected chi connectivity index (χ4v) is 3.57. The summed E-state index contributed by atoms with van der Waals surface area (Å²) in [5.41, 5.74) is 1.36. The number of carbonyl (C=O) groups excluding carboxylic acids is 1. The molecule has 1 saturated carbocycles. The molecule has 124 valence electrons. The zero-order valence-electron chi connectivity index (χ0n) is 13.7. The largest absolute Gasteiger partial charge is 0.337 e. The molecule has 7 heteroatoms. The topological polar surface area (TPSA) is 66.8 Å². The first-order valence-electron chi connectivity index (χ1n) is 8.01. The molecular formula is C17H19N5OS. The zero-order valence-corrected chi connectivity index (χ0v) is 14.5. The van der Waals surface area contributed by atoms with Crippen LogP contribution in [0.1, 0.15) is 34.0 Å². The third kappa shape index (κ3) is 2.87. The third-order valence-electron chi connectivity index (χ3n) is 4.28. The molecule has 3 aromatic rings. The maximum absolute atomic E-state index is 12.9. The predicted molar refractivity (Wildman–Crippen MR) is 92.7 cm³/mol. The lowest BCUT2D eigenvalue weighted by Crippen LogP contribution is -2.33. The number of aromatic amines is 1. The Morgan fingerprint density at radius 3 is 2.92 bits per heavy atom. The number of nitrogens with one attached hydrogen (secondary N) is 1. The van der Waals surface area contributed by atoms with Crippen molar-refractivity contribution in [2.45, 2.75) is 32.4 Å².